The Balaban J connectivity index is 1.45. The van der Waals surface area contributed by atoms with Crippen LogP contribution in [0.4, 0.5) is 4.79 Å². The van der Waals surface area contributed by atoms with Crippen LogP contribution in [0.15, 0.2) is 12.4 Å². The molecule has 3 rings (SSSR count). The number of hydrogen-bond acceptors (Lipinski definition) is 7. The number of hydrogen-bond donors (Lipinski definition) is 0. The van der Waals surface area contributed by atoms with Crippen LogP contribution in [0.3, 0.4) is 0 Å². The lowest BCUT2D eigenvalue weighted by Gasteiger charge is -2.34. The zero-order chi connectivity index (χ0) is 22.9. The average Bonchev–Trinajstić information content (AvgIpc) is 2.88. The highest BCUT2D eigenvalue weighted by Gasteiger charge is 2.52. The Morgan fingerprint density at radius 3 is 2.39 bits per heavy atom. The molecule has 0 saturated carbocycles. The third-order valence-electron chi connectivity index (χ3n) is 6.10. The lowest BCUT2D eigenvalue weighted by molar-refractivity contribution is 0.00578. The van der Waals surface area contributed by atoms with E-state index in [0.717, 1.165) is 31.3 Å². The van der Waals surface area contributed by atoms with E-state index in [1.807, 2.05) is 48.5 Å². The average molecular weight is 433 g/mol. The van der Waals surface area contributed by atoms with Gasteiger partial charge in [0.2, 0.25) is 0 Å². The molecule has 0 bridgehead atoms. The highest BCUT2D eigenvalue weighted by atomic mass is 16.7. The van der Waals surface area contributed by atoms with E-state index in [9.17, 15) is 4.79 Å². The number of likely N-dealkylation sites (tertiary alicyclic amines) is 1. The zero-order valence-electron chi connectivity index (χ0n) is 19.9. The largest absolute Gasteiger partial charge is 0.498 e. The van der Waals surface area contributed by atoms with Crippen LogP contribution >= 0.6 is 0 Å². The Labute approximate surface area is 186 Å². The van der Waals surface area contributed by atoms with Crippen molar-refractivity contribution in [2.24, 2.45) is 5.92 Å². The van der Waals surface area contributed by atoms with Crippen molar-refractivity contribution in [1.82, 2.24) is 14.9 Å². The fraction of sp³-hybridized carbons (Fsp3) is 0.773. The minimum absolute atomic E-state index is 0.236. The summed E-state index contributed by atoms with van der Waals surface area (Å²) in [6.45, 7) is 15.7. The van der Waals surface area contributed by atoms with Gasteiger partial charge < -0.3 is 23.7 Å². The van der Waals surface area contributed by atoms with Gasteiger partial charge in [-0.15, -0.1) is 0 Å². The monoisotopic (exact) mass is 433 g/mol. The van der Waals surface area contributed by atoms with Gasteiger partial charge in [0.15, 0.2) is 0 Å². The highest BCUT2D eigenvalue weighted by Crippen LogP contribution is 2.36. The number of aromatic nitrogens is 2. The molecule has 0 radical (unpaired) electrons. The number of carbonyl (C=O) groups is 1. The first kappa shape index (κ1) is 23.8. The van der Waals surface area contributed by atoms with Gasteiger partial charge in [0.1, 0.15) is 5.60 Å². The van der Waals surface area contributed by atoms with E-state index >= 15 is 0 Å². The number of ether oxygens (including phenoxy) is 2. The van der Waals surface area contributed by atoms with Gasteiger partial charge in [-0.3, -0.25) is 0 Å². The lowest BCUT2D eigenvalue weighted by atomic mass is 9.81. The van der Waals surface area contributed by atoms with Crippen LogP contribution in [-0.2, 0) is 14.0 Å². The molecule has 1 atom stereocenters. The SMILES string of the molecule is CC(C)(C)OC(=O)N1CCC[C@@H](CCOc2ncc(B3OC(C)(C)C(C)(C)O3)cn2)C1. The normalized spacial score (nSPS) is 23.0. The van der Waals surface area contributed by atoms with Crippen LogP contribution in [0.2, 0.25) is 0 Å². The van der Waals surface area contributed by atoms with Crippen molar-refractivity contribution in [2.45, 2.75) is 84.5 Å². The Morgan fingerprint density at radius 2 is 1.81 bits per heavy atom. The van der Waals surface area contributed by atoms with Crippen LogP contribution in [0.25, 0.3) is 0 Å². The molecule has 1 aromatic heterocycles. The maximum absolute atomic E-state index is 12.3. The second-order valence-corrected chi connectivity index (χ2v) is 10.5. The molecule has 3 heterocycles. The van der Waals surface area contributed by atoms with Gasteiger partial charge in [-0.2, -0.15) is 0 Å². The molecule has 0 spiro atoms. The van der Waals surface area contributed by atoms with Crippen LogP contribution in [-0.4, -0.2) is 64.6 Å². The molecule has 0 aliphatic carbocycles. The molecule has 2 saturated heterocycles. The maximum Gasteiger partial charge on any atom is 0.498 e. The van der Waals surface area contributed by atoms with Gasteiger partial charge >= 0.3 is 19.2 Å². The molecule has 0 aromatic carbocycles. The van der Waals surface area contributed by atoms with Crippen molar-refractivity contribution in [3.05, 3.63) is 12.4 Å². The van der Waals surface area contributed by atoms with Crippen LogP contribution in [0, 0.1) is 5.92 Å². The number of amides is 1. The summed E-state index contributed by atoms with van der Waals surface area (Å²) in [5, 5.41) is 0. The predicted molar refractivity (Wildman–Crippen MR) is 118 cm³/mol. The van der Waals surface area contributed by atoms with Crippen molar-refractivity contribution in [3.63, 3.8) is 0 Å². The van der Waals surface area contributed by atoms with Crippen molar-refractivity contribution in [3.8, 4) is 6.01 Å². The molecule has 1 aromatic rings. The maximum atomic E-state index is 12.3. The van der Waals surface area contributed by atoms with Gasteiger partial charge in [0.05, 0.1) is 17.8 Å². The molecule has 172 valence electrons. The van der Waals surface area contributed by atoms with Crippen molar-refractivity contribution in [2.75, 3.05) is 19.7 Å². The highest BCUT2D eigenvalue weighted by molar-refractivity contribution is 6.61. The zero-order valence-corrected chi connectivity index (χ0v) is 19.9. The van der Waals surface area contributed by atoms with Gasteiger partial charge in [-0.1, -0.05) is 0 Å². The minimum atomic E-state index is -0.486. The van der Waals surface area contributed by atoms with E-state index in [2.05, 4.69) is 9.97 Å². The second-order valence-electron chi connectivity index (χ2n) is 10.5. The molecule has 0 unspecified atom stereocenters. The Bertz CT molecular complexity index is 747. The first-order valence-corrected chi connectivity index (χ1v) is 11.1. The number of carbonyl (C=O) groups excluding carboxylic acids is 1. The number of rotatable bonds is 5. The summed E-state index contributed by atoms with van der Waals surface area (Å²) in [5.74, 6) is 0.380. The lowest BCUT2D eigenvalue weighted by Crippen LogP contribution is -2.43. The van der Waals surface area contributed by atoms with Crippen molar-refractivity contribution >= 4 is 18.7 Å². The Morgan fingerprint density at radius 1 is 1.19 bits per heavy atom. The topological polar surface area (TPSA) is 83.0 Å². The summed E-state index contributed by atoms with van der Waals surface area (Å²) in [4.78, 5) is 22.7. The second kappa shape index (κ2) is 8.94. The minimum Gasteiger partial charge on any atom is -0.463 e. The van der Waals surface area contributed by atoms with Crippen LogP contribution < -0.4 is 10.2 Å². The molecule has 1 amide bonds. The number of piperidine rings is 1. The molecule has 9 heteroatoms. The van der Waals surface area contributed by atoms with E-state index in [-0.39, 0.29) is 6.09 Å². The van der Waals surface area contributed by atoms with Crippen LogP contribution in [0.5, 0.6) is 6.01 Å². The van der Waals surface area contributed by atoms with Gasteiger partial charge in [-0.05, 0) is 73.6 Å². The van der Waals surface area contributed by atoms with Gasteiger partial charge in [-0.25, -0.2) is 14.8 Å². The molecule has 8 nitrogen and oxygen atoms in total. The number of nitrogens with zero attached hydrogens (tertiary/aromatic N) is 3. The molecule has 0 N–H and O–H groups in total. The summed E-state index contributed by atoms with van der Waals surface area (Å²) < 4.78 is 23.3. The third kappa shape index (κ3) is 6.10. The summed E-state index contributed by atoms with van der Waals surface area (Å²) >= 11 is 0. The van der Waals surface area contributed by atoms with E-state index < -0.39 is 23.9 Å². The summed E-state index contributed by atoms with van der Waals surface area (Å²) in [6.07, 6.45) is 6.03. The van der Waals surface area contributed by atoms with Crippen molar-refractivity contribution in [1.29, 1.82) is 0 Å². The Hall–Kier alpha value is -1.87. The van der Waals surface area contributed by atoms with E-state index in [1.165, 1.54) is 0 Å². The summed E-state index contributed by atoms with van der Waals surface area (Å²) in [6, 6.07) is 0.333. The molecule has 31 heavy (non-hydrogen) atoms. The van der Waals surface area contributed by atoms with E-state index in [0.29, 0.717) is 25.1 Å². The summed E-state index contributed by atoms with van der Waals surface area (Å²) in [5.41, 5.74) is -0.511. The fourth-order valence-electron chi connectivity index (χ4n) is 3.61. The molecular weight excluding hydrogens is 397 g/mol. The van der Waals surface area contributed by atoms with Gasteiger partial charge in [0, 0.05) is 30.9 Å². The van der Waals surface area contributed by atoms with Crippen molar-refractivity contribution < 1.29 is 23.6 Å². The third-order valence-corrected chi connectivity index (χ3v) is 6.10. The molecule has 2 fully saturated rings. The Kier molecular flexibility index (Phi) is 6.86. The van der Waals surface area contributed by atoms with E-state index in [1.54, 1.807) is 17.3 Å². The quantitative estimate of drug-likeness (QED) is 0.660. The van der Waals surface area contributed by atoms with Gasteiger partial charge in [0.25, 0.3) is 0 Å². The fourth-order valence-corrected chi connectivity index (χ4v) is 3.61. The standard InChI is InChI=1S/C22H36BN3O5/c1-20(2,3)29-19(27)26-11-8-9-16(15-26)10-12-28-18-24-13-17(14-25-18)23-30-21(4,5)22(6,7)31-23/h13-14,16H,8-12,15H2,1-7H3/t16-/m0/s1. The molecular formula is C22H36BN3O5. The molecule has 2 aliphatic heterocycles. The summed E-state index contributed by atoms with van der Waals surface area (Å²) in [7, 11) is -0.486. The van der Waals surface area contributed by atoms with E-state index in [4.69, 9.17) is 18.8 Å². The first-order chi connectivity index (χ1) is 14.4. The predicted octanol–water partition coefficient (Wildman–Crippen LogP) is 3.19. The smallest absolute Gasteiger partial charge is 0.463 e. The molecule has 2 aliphatic rings. The first-order valence-electron chi connectivity index (χ1n) is 11.1. The van der Waals surface area contributed by atoms with Crippen LogP contribution in [0.1, 0.15) is 67.7 Å².